The van der Waals surface area contributed by atoms with Gasteiger partial charge in [-0.15, -0.1) is 0 Å². The van der Waals surface area contributed by atoms with Crippen LogP contribution in [0.1, 0.15) is 22.3 Å². The molecule has 0 spiro atoms. The van der Waals surface area contributed by atoms with Gasteiger partial charge in [-0.05, 0) is 85.0 Å². The molecule has 8 rings (SSSR count). The van der Waals surface area contributed by atoms with Crippen molar-refractivity contribution in [2.45, 2.75) is 5.41 Å². The predicted molar refractivity (Wildman–Crippen MR) is 185 cm³/mol. The molecule has 0 nitrogen and oxygen atoms in total. The maximum Gasteiger partial charge on any atom is 0.0713 e. The molecular formula is C43H29Cl. The molecule has 0 radical (unpaired) electrons. The quantitative estimate of drug-likeness (QED) is 0.190. The Morgan fingerprint density at radius 1 is 0.341 bits per heavy atom. The van der Waals surface area contributed by atoms with Gasteiger partial charge in [0.2, 0.25) is 0 Å². The smallest absolute Gasteiger partial charge is 0.0713 e. The van der Waals surface area contributed by atoms with Gasteiger partial charge >= 0.3 is 0 Å². The Bertz CT molecular complexity index is 2060. The Hall–Kier alpha value is -5.17. The van der Waals surface area contributed by atoms with Crippen LogP contribution in [0.4, 0.5) is 0 Å². The Labute approximate surface area is 263 Å². The molecule has 0 saturated carbocycles. The third-order valence-corrected chi connectivity index (χ3v) is 9.24. The fraction of sp³-hybridized carbons (Fsp3) is 0.0233. The third kappa shape index (κ3) is 4.14. The number of hydrogen-bond donors (Lipinski definition) is 0. The highest BCUT2D eigenvalue weighted by Gasteiger charge is 2.46. The maximum absolute atomic E-state index is 6.95. The number of rotatable bonds is 5. The number of benzene rings is 7. The van der Waals surface area contributed by atoms with Crippen LogP contribution >= 0.6 is 11.6 Å². The molecule has 44 heavy (non-hydrogen) atoms. The summed E-state index contributed by atoms with van der Waals surface area (Å²) in [5.74, 6) is 0. The lowest BCUT2D eigenvalue weighted by molar-refractivity contribution is 0.769. The number of halogens is 1. The zero-order valence-corrected chi connectivity index (χ0v) is 24.9. The van der Waals surface area contributed by atoms with E-state index in [9.17, 15) is 0 Å². The zero-order valence-electron chi connectivity index (χ0n) is 24.1. The van der Waals surface area contributed by atoms with E-state index >= 15 is 0 Å². The van der Waals surface area contributed by atoms with Gasteiger partial charge < -0.3 is 0 Å². The average Bonchev–Trinajstić information content (AvgIpc) is 3.40. The molecule has 7 aromatic rings. The lowest BCUT2D eigenvalue weighted by Gasteiger charge is -2.34. The Balaban J connectivity index is 1.46. The second-order valence-corrected chi connectivity index (χ2v) is 11.8. The summed E-state index contributed by atoms with van der Waals surface area (Å²) in [6.45, 7) is 0. The van der Waals surface area contributed by atoms with Crippen molar-refractivity contribution in [2.24, 2.45) is 0 Å². The van der Waals surface area contributed by atoms with E-state index in [1.54, 1.807) is 0 Å². The summed E-state index contributed by atoms with van der Waals surface area (Å²) < 4.78 is 0. The third-order valence-electron chi connectivity index (χ3n) is 9.02. The van der Waals surface area contributed by atoms with Gasteiger partial charge in [-0.1, -0.05) is 169 Å². The molecule has 0 aromatic heterocycles. The van der Waals surface area contributed by atoms with Crippen molar-refractivity contribution in [3.8, 4) is 44.5 Å². The first-order valence-corrected chi connectivity index (χ1v) is 15.4. The van der Waals surface area contributed by atoms with Crippen LogP contribution in [0.5, 0.6) is 0 Å². The topological polar surface area (TPSA) is 0 Å². The second kappa shape index (κ2) is 10.8. The molecule has 0 N–H and O–H groups in total. The molecule has 1 aliphatic rings. The van der Waals surface area contributed by atoms with Gasteiger partial charge in [0.15, 0.2) is 0 Å². The molecule has 7 aromatic carbocycles. The summed E-state index contributed by atoms with van der Waals surface area (Å²) in [7, 11) is 0. The van der Waals surface area contributed by atoms with E-state index in [4.69, 9.17) is 11.6 Å². The molecule has 0 atom stereocenters. The lowest BCUT2D eigenvalue weighted by Crippen LogP contribution is -2.28. The minimum Gasteiger partial charge on any atom is -0.0843 e. The molecule has 1 aliphatic carbocycles. The van der Waals surface area contributed by atoms with Crippen molar-refractivity contribution in [2.75, 3.05) is 0 Å². The molecule has 0 fully saturated rings. The van der Waals surface area contributed by atoms with Gasteiger partial charge in [0.05, 0.1) is 5.41 Å². The van der Waals surface area contributed by atoms with Crippen LogP contribution in [0, 0.1) is 0 Å². The highest BCUT2D eigenvalue weighted by Crippen LogP contribution is 2.57. The van der Waals surface area contributed by atoms with Gasteiger partial charge in [0.25, 0.3) is 0 Å². The SMILES string of the molecule is Clc1cc(-c2ccccc2)c(-c2ccccc2)c(-c2ccc3c(c2)C(c2ccccc2)(c2ccccc2)c2ccccc2-3)c1. The van der Waals surface area contributed by atoms with Gasteiger partial charge in [-0.3, -0.25) is 0 Å². The molecule has 0 saturated heterocycles. The van der Waals surface area contributed by atoms with E-state index in [-0.39, 0.29) is 0 Å². The highest BCUT2D eigenvalue weighted by atomic mass is 35.5. The van der Waals surface area contributed by atoms with Crippen molar-refractivity contribution in [1.29, 1.82) is 0 Å². The average molecular weight is 581 g/mol. The molecule has 0 bridgehead atoms. The van der Waals surface area contributed by atoms with Crippen LogP contribution in [0.15, 0.2) is 176 Å². The van der Waals surface area contributed by atoms with Gasteiger partial charge in [-0.2, -0.15) is 0 Å². The summed E-state index contributed by atoms with van der Waals surface area (Å²) in [5, 5.41) is 0.722. The minimum atomic E-state index is -0.460. The van der Waals surface area contributed by atoms with Crippen LogP contribution in [-0.4, -0.2) is 0 Å². The summed E-state index contributed by atoms with van der Waals surface area (Å²) in [6, 6.07) is 63.3. The van der Waals surface area contributed by atoms with Crippen LogP contribution in [0.3, 0.4) is 0 Å². The summed E-state index contributed by atoms with van der Waals surface area (Å²) >= 11 is 6.95. The number of hydrogen-bond acceptors (Lipinski definition) is 0. The summed E-state index contributed by atoms with van der Waals surface area (Å²) in [5.41, 5.74) is 14.1. The first kappa shape index (κ1) is 26.5. The lowest BCUT2D eigenvalue weighted by atomic mass is 9.67. The van der Waals surface area contributed by atoms with E-state index in [1.807, 2.05) is 0 Å². The molecular weight excluding hydrogens is 552 g/mol. The molecule has 208 valence electrons. The fourth-order valence-corrected chi connectivity index (χ4v) is 7.43. The van der Waals surface area contributed by atoms with Crippen molar-refractivity contribution >= 4 is 11.6 Å². The molecule has 0 heterocycles. The standard InChI is InChI=1S/C43H29Cl/c44-35-28-38(30-15-5-1-6-16-30)42(31-17-7-2-8-18-31)39(29-35)32-25-26-37-36-23-13-14-24-40(36)43(41(37)27-32,33-19-9-3-10-20-33)34-21-11-4-12-22-34/h1-29H. The van der Waals surface area contributed by atoms with Crippen LogP contribution in [0.25, 0.3) is 44.5 Å². The predicted octanol–water partition coefficient (Wildman–Crippen LogP) is 11.7. The fourth-order valence-electron chi connectivity index (χ4n) is 7.21. The first-order valence-electron chi connectivity index (χ1n) is 15.1. The summed E-state index contributed by atoms with van der Waals surface area (Å²) in [6.07, 6.45) is 0. The Morgan fingerprint density at radius 2 is 0.818 bits per heavy atom. The monoisotopic (exact) mass is 580 g/mol. The summed E-state index contributed by atoms with van der Waals surface area (Å²) in [4.78, 5) is 0. The largest absolute Gasteiger partial charge is 0.0843 e. The van der Waals surface area contributed by atoms with Crippen LogP contribution in [0.2, 0.25) is 5.02 Å². The molecule has 0 amide bonds. The Morgan fingerprint density at radius 3 is 1.43 bits per heavy atom. The van der Waals surface area contributed by atoms with E-state index in [2.05, 4.69) is 176 Å². The first-order chi connectivity index (χ1) is 21.7. The minimum absolute atomic E-state index is 0.460. The van der Waals surface area contributed by atoms with Crippen molar-refractivity contribution in [3.05, 3.63) is 203 Å². The Kier molecular flexibility index (Phi) is 6.51. The highest BCUT2D eigenvalue weighted by molar-refractivity contribution is 6.31. The number of fused-ring (bicyclic) bond motifs is 3. The van der Waals surface area contributed by atoms with E-state index in [1.165, 1.54) is 44.5 Å². The van der Waals surface area contributed by atoms with Gasteiger partial charge in [-0.25, -0.2) is 0 Å². The van der Waals surface area contributed by atoms with E-state index in [0.717, 1.165) is 27.3 Å². The van der Waals surface area contributed by atoms with Gasteiger partial charge in [0.1, 0.15) is 0 Å². The van der Waals surface area contributed by atoms with Crippen LogP contribution in [-0.2, 0) is 5.41 Å². The van der Waals surface area contributed by atoms with Crippen molar-refractivity contribution < 1.29 is 0 Å². The maximum atomic E-state index is 6.95. The molecule has 0 aliphatic heterocycles. The van der Waals surface area contributed by atoms with Crippen molar-refractivity contribution in [3.63, 3.8) is 0 Å². The molecule has 0 unspecified atom stereocenters. The van der Waals surface area contributed by atoms with E-state index < -0.39 is 5.41 Å². The second-order valence-electron chi connectivity index (χ2n) is 11.4. The van der Waals surface area contributed by atoms with Gasteiger partial charge in [0, 0.05) is 5.02 Å². The normalized spacial score (nSPS) is 12.8. The van der Waals surface area contributed by atoms with Crippen LogP contribution < -0.4 is 0 Å². The van der Waals surface area contributed by atoms with Crippen molar-refractivity contribution in [1.82, 2.24) is 0 Å². The van der Waals surface area contributed by atoms with E-state index in [0.29, 0.717) is 0 Å². The molecule has 1 heteroatoms. The zero-order chi connectivity index (χ0) is 29.5.